The Balaban J connectivity index is 1.36. The van der Waals surface area contributed by atoms with Crippen LogP contribution in [0, 0.1) is 11.6 Å². The number of amides is 1. The van der Waals surface area contributed by atoms with E-state index in [-0.39, 0.29) is 36.5 Å². The highest BCUT2D eigenvalue weighted by Gasteiger charge is 2.28. The minimum absolute atomic E-state index is 0.00762. The molecule has 3 aromatic rings. The molecule has 8 heteroatoms. The third kappa shape index (κ3) is 5.14. The Morgan fingerprint density at radius 1 is 1.23 bits per heavy atom. The van der Waals surface area contributed by atoms with Crippen LogP contribution in [0.4, 0.5) is 8.78 Å². The van der Waals surface area contributed by atoms with E-state index in [9.17, 15) is 13.6 Å². The summed E-state index contributed by atoms with van der Waals surface area (Å²) in [6.45, 7) is 1.88. The Morgan fingerprint density at radius 3 is 2.87 bits per heavy atom. The van der Waals surface area contributed by atoms with Gasteiger partial charge in [-0.05, 0) is 37.6 Å². The van der Waals surface area contributed by atoms with Crippen LogP contribution in [0.2, 0.25) is 0 Å². The summed E-state index contributed by atoms with van der Waals surface area (Å²) in [6, 6.07) is 12.5. The van der Waals surface area contributed by atoms with E-state index >= 15 is 0 Å². The first kappa shape index (κ1) is 21.1. The molecule has 1 amide bonds. The quantitative estimate of drug-likeness (QED) is 0.599. The largest absolute Gasteiger partial charge is 0.340 e. The highest BCUT2D eigenvalue weighted by molar-refractivity contribution is 5.78. The lowest BCUT2D eigenvalue weighted by atomic mass is 9.98. The first-order valence-corrected chi connectivity index (χ1v) is 10.3. The monoisotopic (exact) mass is 426 g/mol. The Hall–Kier alpha value is -3.13. The van der Waals surface area contributed by atoms with Crippen LogP contribution in [0.3, 0.4) is 0 Å². The summed E-state index contributed by atoms with van der Waals surface area (Å²) in [6.07, 6.45) is 1.77. The van der Waals surface area contributed by atoms with Crippen molar-refractivity contribution in [1.29, 1.82) is 0 Å². The minimum atomic E-state index is -0.356. The zero-order chi connectivity index (χ0) is 21.8. The zero-order valence-electron chi connectivity index (χ0n) is 17.3. The summed E-state index contributed by atoms with van der Waals surface area (Å²) >= 11 is 0. The van der Waals surface area contributed by atoms with Crippen molar-refractivity contribution in [3.8, 4) is 11.4 Å². The third-order valence-corrected chi connectivity index (χ3v) is 5.53. The topological polar surface area (TPSA) is 62.5 Å². The summed E-state index contributed by atoms with van der Waals surface area (Å²) in [4.78, 5) is 20.7. The van der Waals surface area contributed by atoms with Crippen molar-refractivity contribution < 1.29 is 18.1 Å². The fraction of sp³-hybridized carbons (Fsp3) is 0.348. The van der Waals surface area contributed by atoms with Gasteiger partial charge in [0.15, 0.2) is 0 Å². The number of hydrogen-bond donors (Lipinski definition) is 0. The van der Waals surface area contributed by atoms with Gasteiger partial charge < -0.3 is 9.42 Å². The van der Waals surface area contributed by atoms with Crippen LogP contribution >= 0.6 is 0 Å². The van der Waals surface area contributed by atoms with Gasteiger partial charge in [0.25, 0.3) is 0 Å². The van der Waals surface area contributed by atoms with E-state index in [2.05, 4.69) is 15.0 Å². The fourth-order valence-electron chi connectivity index (χ4n) is 3.83. The van der Waals surface area contributed by atoms with E-state index in [0.717, 1.165) is 19.4 Å². The first-order valence-electron chi connectivity index (χ1n) is 10.3. The fourth-order valence-corrected chi connectivity index (χ4v) is 3.83. The highest BCUT2D eigenvalue weighted by atomic mass is 19.1. The summed E-state index contributed by atoms with van der Waals surface area (Å²) in [5, 5.41) is 3.99. The van der Waals surface area contributed by atoms with Crippen molar-refractivity contribution >= 4 is 5.91 Å². The first-order chi connectivity index (χ1) is 15.0. The lowest BCUT2D eigenvalue weighted by Crippen LogP contribution is -2.42. The molecular weight excluding hydrogens is 402 g/mol. The molecule has 0 radical (unpaired) electrons. The second kappa shape index (κ2) is 9.34. The van der Waals surface area contributed by atoms with Crippen molar-refractivity contribution in [2.24, 2.45) is 0 Å². The molecule has 1 unspecified atom stereocenters. The van der Waals surface area contributed by atoms with E-state index in [1.54, 1.807) is 37.4 Å². The number of nitrogens with zero attached hydrogens (tertiary/aromatic N) is 4. The molecule has 1 saturated heterocycles. The van der Waals surface area contributed by atoms with E-state index in [1.165, 1.54) is 23.1 Å². The highest BCUT2D eigenvalue weighted by Crippen LogP contribution is 2.27. The number of likely N-dealkylation sites (tertiary alicyclic amines) is 1. The molecule has 1 fully saturated rings. The smallest absolute Gasteiger partial charge is 0.236 e. The summed E-state index contributed by atoms with van der Waals surface area (Å²) in [5.41, 5.74) is 1.05. The number of benzene rings is 2. The average Bonchev–Trinajstić information content (AvgIpc) is 3.26. The van der Waals surface area contributed by atoms with Crippen LogP contribution in [0.5, 0.6) is 0 Å². The number of piperidine rings is 1. The SMILES string of the molecule is CN(Cc1ccccc1F)C(=O)CN1CCCC(c2nc(-c3cccc(F)c3)no2)C1. The maximum Gasteiger partial charge on any atom is 0.236 e. The van der Waals surface area contributed by atoms with Gasteiger partial charge in [-0.25, -0.2) is 8.78 Å². The van der Waals surface area contributed by atoms with Gasteiger partial charge >= 0.3 is 0 Å². The van der Waals surface area contributed by atoms with Gasteiger partial charge in [-0.3, -0.25) is 9.69 Å². The second-order valence-corrected chi connectivity index (χ2v) is 7.88. The molecule has 1 aromatic heterocycles. The van der Waals surface area contributed by atoms with E-state index in [1.807, 2.05) is 0 Å². The molecule has 0 saturated carbocycles. The molecule has 2 heterocycles. The van der Waals surface area contributed by atoms with Crippen LogP contribution < -0.4 is 0 Å². The Kier molecular flexibility index (Phi) is 6.36. The van der Waals surface area contributed by atoms with Crippen LogP contribution in [0.25, 0.3) is 11.4 Å². The van der Waals surface area contributed by atoms with Crippen molar-refractivity contribution in [3.63, 3.8) is 0 Å². The molecule has 0 N–H and O–H groups in total. The third-order valence-electron chi connectivity index (χ3n) is 5.53. The molecule has 4 rings (SSSR count). The molecular formula is C23H24F2N4O2. The van der Waals surface area contributed by atoms with Gasteiger partial charge in [-0.1, -0.05) is 35.5 Å². The molecule has 0 bridgehead atoms. The molecule has 1 aliphatic rings. The summed E-state index contributed by atoms with van der Waals surface area (Å²) in [7, 11) is 1.68. The van der Waals surface area contributed by atoms with Gasteiger partial charge in [-0.2, -0.15) is 4.98 Å². The van der Waals surface area contributed by atoms with E-state index in [0.29, 0.717) is 29.4 Å². The molecule has 1 aliphatic heterocycles. The van der Waals surface area contributed by atoms with Gasteiger partial charge in [0, 0.05) is 31.3 Å². The molecule has 31 heavy (non-hydrogen) atoms. The standard InChI is InChI=1S/C23H24F2N4O2/c1-28(13-17-6-2-3-10-20(17)25)21(30)15-29-11-5-8-18(14-29)23-26-22(27-31-23)16-7-4-9-19(24)12-16/h2-4,6-7,9-10,12,18H,5,8,11,13-15H2,1H3. The van der Waals surface area contributed by atoms with E-state index in [4.69, 9.17) is 4.52 Å². The van der Waals surface area contributed by atoms with Crippen LogP contribution in [0.1, 0.15) is 30.2 Å². The molecule has 0 aliphatic carbocycles. The molecule has 0 spiro atoms. The maximum absolute atomic E-state index is 13.9. The van der Waals surface area contributed by atoms with E-state index < -0.39 is 0 Å². The molecule has 162 valence electrons. The Labute approximate surface area is 179 Å². The van der Waals surface area contributed by atoms with Gasteiger partial charge in [0.2, 0.25) is 17.6 Å². The number of hydrogen-bond acceptors (Lipinski definition) is 5. The number of aromatic nitrogens is 2. The number of rotatable bonds is 6. The van der Waals surface area contributed by atoms with Crippen molar-refractivity contribution in [2.75, 3.05) is 26.7 Å². The molecule has 1 atom stereocenters. The predicted molar refractivity (Wildman–Crippen MR) is 111 cm³/mol. The van der Waals surface area contributed by atoms with Crippen molar-refractivity contribution in [3.05, 3.63) is 71.6 Å². The van der Waals surface area contributed by atoms with Gasteiger partial charge in [0.05, 0.1) is 12.5 Å². The maximum atomic E-state index is 13.9. The number of likely N-dealkylation sites (N-methyl/N-ethyl adjacent to an activating group) is 1. The Bertz CT molecular complexity index is 1060. The number of carbonyl (C=O) groups excluding carboxylic acids is 1. The second-order valence-electron chi connectivity index (χ2n) is 7.88. The van der Waals surface area contributed by atoms with Crippen LogP contribution in [-0.4, -0.2) is 52.5 Å². The van der Waals surface area contributed by atoms with Crippen molar-refractivity contribution in [1.82, 2.24) is 19.9 Å². The predicted octanol–water partition coefficient (Wildman–Crippen LogP) is 3.85. The van der Waals surface area contributed by atoms with Gasteiger partial charge in [0.1, 0.15) is 11.6 Å². The summed E-state index contributed by atoms with van der Waals surface area (Å²) in [5.74, 6) is 0.114. The van der Waals surface area contributed by atoms with Crippen molar-refractivity contribution in [2.45, 2.75) is 25.3 Å². The molecule has 6 nitrogen and oxygen atoms in total. The van der Waals surface area contributed by atoms with Gasteiger partial charge in [-0.15, -0.1) is 0 Å². The lowest BCUT2D eigenvalue weighted by Gasteiger charge is -2.31. The summed E-state index contributed by atoms with van der Waals surface area (Å²) < 4.78 is 32.8. The lowest BCUT2D eigenvalue weighted by molar-refractivity contribution is -0.132. The van der Waals surface area contributed by atoms with Crippen LogP contribution in [-0.2, 0) is 11.3 Å². The number of halogens is 2. The number of carbonyl (C=O) groups is 1. The Morgan fingerprint density at radius 2 is 2.06 bits per heavy atom. The van der Waals surface area contributed by atoms with Crippen LogP contribution in [0.15, 0.2) is 53.1 Å². The minimum Gasteiger partial charge on any atom is -0.340 e. The normalized spacial score (nSPS) is 16.9. The zero-order valence-corrected chi connectivity index (χ0v) is 17.3. The average molecular weight is 426 g/mol. The molecule has 2 aromatic carbocycles.